The molecule has 1 aromatic heterocycles. The van der Waals surface area contributed by atoms with E-state index < -0.39 is 0 Å². The van der Waals surface area contributed by atoms with Crippen molar-refractivity contribution in [2.45, 2.75) is 12.5 Å². The average molecular weight is 295 g/mol. The molecule has 4 nitrogen and oxygen atoms in total. The van der Waals surface area contributed by atoms with Crippen LogP contribution in [0.2, 0.25) is 0 Å². The summed E-state index contributed by atoms with van der Waals surface area (Å²) in [4.78, 5) is 20.9. The van der Waals surface area contributed by atoms with Crippen molar-refractivity contribution in [1.82, 2.24) is 14.8 Å². The molecule has 0 saturated carbocycles. The van der Waals surface area contributed by atoms with E-state index in [1.54, 1.807) is 12.4 Å². The van der Waals surface area contributed by atoms with Gasteiger partial charge in [-0.25, -0.2) is 0 Å². The molecule has 1 amide bonds. The fourth-order valence-electron chi connectivity index (χ4n) is 2.92. The van der Waals surface area contributed by atoms with E-state index in [0.29, 0.717) is 6.42 Å². The number of amides is 1. The van der Waals surface area contributed by atoms with Gasteiger partial charge in [0.2, 0.25) is 5.91 Å². The van der Waals surface area contributed by atoms with E-state index in [9.17, 15) is 4.79 Å². The average Bonchev–Trinajstić information content (AvgIpc) is 2.57. The highest BCUT2D eigenvalue weighted by molar-refractivity contribution is 5.78. The van der Waals surface area contributed by atoms with Crippen molar-refractivity contribution in [2.24, 2.45) is 0 Å². The highest BCUT2D eigenvalue weighted by Gasteiger charge is 2.28. The summed E-state index contributed by atoms with van der Waals surface area (Å²) in [5.74, 6) is 0.182. The maximum Gasteiger partial charge on any atom is 0.227 e. The number of piperazine rings is 1. The summed E-state index contributed by atoms with van der Waals surface area (Å²) < 4.78 is 0. The second kappa shape index (κ2) is 6.71. The number of rotatable bonds is 3. The molecule has 0 bridgehead atoms. The molecule has 0 N–H and O–H groups in total. The topological polar surface area (TPSA) is 36.4 Å². The lowest BCUT2D eigenvalue weighted by molar-refractivity contribution is -0.133. The molecule has 1 saturated heterocycles. The third kappa shape index (κ3) is 3.34. The van der Waals surface area contributed by atoms with Crippen molar-refractivity contribution in [3.63, 3.8) is 0 Å². The van der Waals surface area contributed by atoms with Gasteiger partial charge in [0.05, 0.1) is 12.5 Å². The minimum absolute atomic E-state index is 0.182. The van der Waals surface area contributed by atoms with Crippen molar-refractivity contribution in [3.8, 4) is 0 Å². The standard InChI is InChI=1S/C18H21N3O/c1-20-10-11-21(14-17(20)16-7-3-2-4-8-16)18(22)12-15-6-5-9-19-13-15/h2-9,13,17H,10-12,14H2,1H3. The molecule has 0 radical (unpaired) electrons. The van der Waals surface area contributed by atoms with E-state index in [2.05, 4.69) is 41.2 Å². The third-order valence-corrected chi connectivity index (χ3v) is 4.26. The van der Waals surface area contributed by atoms with Gasteiger partial charge in [-0.3, -0.25) is 14.7 Å². The quantitative estimate of drug-likeness (QED) is 0.870. The van der Waals surface area contributed by atoms with Crippen LogP contribution in [0.15, 0.2) is 54.9 Å². The van der Waals surface area contributed by atoms with E-state index >= 15 is 0 Å². The van der Waals surface area contributed by atoms with Crippen LogP contribution in [0.4, 0.5) is 0 Å². The van der Waals surface area contributed by atoms with Crippen LogP contribution in [0.5, 0.6) is 0 Å². The Morgan fingerprint density at radius 3 is 2.73 bits per heavy atom. The van der Waals surface area contributed by atoms with Gasteiger partial charge in [-0.15, -0.1) is 0 Å². The molecule has 0 aliphatic carbocycles. The Kier molecular flexibility index (Phi) is 4.49. The van der Waals surface area contributed by atoms with Crippen LogP contribution in [-0.2, 0) is 11.2 Å². The van der Waals surface area contributed by atoms with Gasteiger partial charge in [0.25, 0.3) is 0 Å². The zero-order valence-corrected chi connectivity index (χ0v) is 12.9. The second-order valence-corrected chi connectivity index (χ2v) is 5.78. The first-order chi connectivity index (χ1) is 10.7. The molecular formula is C18H21N3O. The van der Waals surface area contributed by atoms with Crippen LogP contribution in [0, 0.1) is 0 Å². The van der Waals surface area contributed by atoms with Crippen LogP contribution < -0.4 is 0 Å². The lowest BCUT2D eigenvalue weighted by Crippen LogP contribution is -2.49. The van der Waals surface area contributed by atoms with E-state index in [0.717, 1.165) is 25.2 Å². The Balaban J connectivity index is 1.69. The molecule has 1 unspecified atom stereocenters. The summed E-state index contributed by atoms with van der Waals surface area (Å²) in [7, 11) is 2.13. The monoisotopic (exact) mass is 295 g/mol. The Labute approximate surface area is 131 Å². The van der Waals surface area contributed by atoms with E-state index in [1.807, 2.05) is 23.1 Å². The molecule has 114 valence electrons. The van der Waals surface area contributed by atoms with Gasteiger partial charge in [0, 0.05) is 32.0 Å². The first-order valence-electron chi connectivity index (χ1n) is 7.66. The van der Waals surface area contributed by atoms with Crippen molar-refractivity contribution in [1.29, 1.82) is 0 Å². The Hall–Kier alpha value is -2.20. The van der Waals surface area contributed by atoms with Gasteiger partial charge in [-0.05, 0) is 24.2 Å². The van der Waals surface area contributed by atoms with Crippen molar-refractivity contribution >= 4 is 5.91 Å². The minimum atomic E-state index is 0.182. The predicted molar refractivity (Wildman–Crippen MR) is 86.3 cm³/mol. The normalized spacial score (nSPS) is 19.1. The van der Waals surface area contributed by atoms with E-state index in [1.165, 1.54) is 5.56 Å². The molecule has 1 atom stereocenters. The second-order valence-electron chi connectivity index (χ2n) is 5.78. The summed E-state index contributed by atoms with van der Waals surface area (Å²) in [6, 6.07) is 14.5. The molecule has 1 aliphatic rings. The molecule has 1 aromatic carbocycles. The summed E-state index contributed by atoms with van der Waals surface area (Å²) in [6.45, 7) is 2.44. The van der Waals surface area contributed by atoms with Gasteiger partial charge in [-0.1, -0.05) is 36.4 Å². The fraction of sp³-hybridized carbons (Fsp3) is 0.333. The summed E-state index contributed by atoms with van der Waals surface area (Å²) >= 11 is 0. The maximum absolute atomic E-state index is 12.5. The molecular weight excluding hydrogens is 274 g/mol. The van der Waals surface area contributed by atoms with Crippen LogP contribution in [0.25, 0.3) is 0 Å². The number of pyridine rings is 1. The molecule has 3 rings (SSSR count). The Bertz CT molecular complexity index is 615. The summed E-state index contributed by atoms with van der Waals surface area (Å²) in [5, 5.41) is 0. The number of hydrogen-bond donors (Lipinski definition) is 0. The number of hydrogen-bond acceptors (Lipinski definition) is 3. The minimum Gasteiger partial charge on any atom is -0.339 e. The first-order valence-corrected chi connectivity index (χ1v) is 7.66. The zero-order chi connectivity index (χ0) is 15.4. The number of aromatic nitrogens is 1. The van der Waals surface area contributed by atoms with Gasteiger partial charge in [-0.2, -0.15) is 0 Å². The summed E-state index contributed by atoms with van der Waals surface area (Å²) in [5.41, 5.74) is 2.24. The molecule has 2 heterocycles. The van der Waals surface area contributed by atoms with Crippen molar-refractivity contribution in [2.75, 3.05) is 26.7 Å². The fourth-order valence-corrected chi connectivity index (χ4v) is 2.92. The SMILES string of the molecule is CN1CCN(C(=O)Cc2cccnc2)CC1c1ccccc1. The van der Waals surface area contributed by atoms with Crippen LogP contribution in [-0.4, -0.2) is 47.4 Å². The number of nitrogens with zero attached hydrogens (tertiary/aromatic N) is 3. The predicted octanol–water partition coefficient (Wildman–Crippen LogP) is 2.14. The van der Waals surface area contributed by atoms with Crippen molar-refractivity contribution < 1.29 is 4.79 Å². The molecule has 1 aliphatic heterocycles. The van der Waals surface area contributed by atoms with E-state index in [4.69, 9.17) is 0 Å². The smallest absolute Gasteiger partial charge is 0.227 e. The maximum atomic E-state index is 12.5. The van der Waals surface area contributed by atoms with Gasteiger partial charge < -0.3 is 4.90 Å². The first kappa shape index (κ1) is 14.7. The number of benzene rings is 1. The van der Waals surface area contributed by atoms with E-state index in [-0.39, 0.29) is 11.9 Å². The van der Waals surface area contributed by atoms with Crippen LogP contribution in [0.3, 0.4) is 0 Å². The lowest BCUT2D eigenvalue weighted by Gasteiger charge is -2.39. The zero-order valence-electron chi connectivity index (χ0n) is 12.9. The summed E-state index contributed by atoms with van der Waals surface area (Å²) in [6.07, 6.45) is 3.93. The van der Waals surface area contributed by atoms with Gasteiger partial charge >= 0.3 is 0 Å². The third-order valence-electron chi connectivity index (χ3n) is 4.26. The Morgan fingerprint density at radius 1 is 1.18 bits per heavy atom. The van der Waals surface area contributed by atoms with Crippen LogP contribution >= 0.6 is 0 Å². The van der Waals surface area contributed by atoms with Gasteiger partial charge in [0.1, 0.15) is 0 Å². The lowest BCUT2D eigenvalue weighted by atomic mass is 10.0. The number of carbonyl (C=O) groups is 1. The molecule has 2 aromatic rings. The van der Waals surface area contributed by atoms with Crippen molar-refractivity contribution in [3.05, 3.63) is 66.0 Å². The highest BCUT2D eigenvalue weighted by Crippen LogP contribution is 2.24. The molecule has 0 spiro atoms. The highest BCUT2D eigenvalue weighted by atomic mass is 16.2. The largest absolute Gasteiger partial charge is 0.339 e. The number of likely N-dealkylation sites (N-methyl/N-ethyl adjacent to an activating group) is 1. The number of carbonyl (C=O) groups excluding carboxylic acids is 1. The molecule has 4 heteroatoms. The Morgan fingerprint density at radius 2 is 2.00 bits per heavy atom. The molecule has 1 fully saturated rings. The van der Waals surface area contributed by atoms with Gasteiger partial charge in [0.15, 0.2) is 0 Å². The van der Waals surface area contributed by atoms with Crippen LogP contribution in [0.1, 0.15) is 17.2 Å². The molecule has 22 heavy (non-hydrogen) atoms.